The summed E-state index contributed by atoms with van der Waals surface area (Å²) in [6, 6.07) is 0. The fourth-order valence-electron chi connectivity index (χ4n) is 5.82. The number of fused-ring (bicyclic) bond motifs is 1. The number of rotatable bonds is 5. The van der Waals surface area contributed by atoms with Crippen LogP contribution in [-0.4, -0.2) is 67.3 Å². The number of hydrogen-bond donors (Lipinski definition) is 0. The van der Waals surface area contributed by atoms with Gasteiger partial charge in [-0.3, -0.25) is 0 Å². The van der Waals surface area contributed by atoms with Gasteiger partial charge >= 0.3 is 6.09 Å². The second kappa shape index (κ2) is 6.44. The Bertz CT molecular complexity index is 674. The number of allylic oxidation sites excluding steroid dienone is 1. The lowest BCUT2D eigenvalue weighted by molar-refractivity contribution is -0.121. The first-order chi connectivity index (χ1) is 13.4. The van der Waals surface area contributed by atoms with Crippen LogP contribution in [0, 0.1) is 17.8 Å². The van der Waals surface area contributed by atoms with E-state index in [0.717, 1.165) is 39.0 Å². The summed E-state index contributed by atoms with van der Waals surface area (Å²) in [6.07, 6.45) is 5.67. The van der Waals surface area contributed by atoms with E-state index in [2.05, 4.69) is 26.8 Å². The molecule has 0 aromatic heterocycles. The van der Waals surface area contributed by atoms with E-state index >= 15 is 0 Å². The Morgan fingerprint density at radius 3 is 2.61 bits per heavy atom. The van der Waals surface area contributed by atoms with Gasteiger partial charge in [0, 0.05) is 20.2 Å². The predicted molar refractivity (Wildman–Crippen MR) is 103 cm³/mol. The van der Waals surface area contributed by atoms with Gasteiger partial charge in [-0.15, -0.1) is 0 Å². The Labute approximate surface area is 167 Å². The van der Waals surface area contributed by atoms with Gasteiger partial charge in [-0.2, -0.15) is 0 Å². The van der Waals surface area contributed by atoms with Crippen molar-refractivity contribution in [2.75, 3.05) is 26.8 Å². The van der Waals surface area contributed by atoms with Gasteiger partial charge in [0.1, 0.15) is 23.4 Å². The number of piperidine rings is 1. The molecule has 5 fully saturated rings. The van der Waals surface area contributed by atoms with Crippen LogP contribution in [0.1, 0.15) is 46.5 Å². The van der Waals surface area contributed by atoms with Crippen molar-refractivity contribution >= 4 is 6.09 Å². The molecule has 0 N–H and O–H groups in total. The summed E-state index contributed by atoms with van der Waals surface area (Å²) in [6.45, 7) is 8.87. The van der Waals surface area contributed by atoms with E-state index < -0.39 is 0 Å². The highest BCUT2D eigenvalue weighted by molar-refractivity contribution is 5.68. The summed E-state index contributed by atoms with van der Waals surface area (Å²) in [5.41, 5.74) is 0.842. The van der Waals surface area contributed by atoms with Gasteiger partial charge in [0.15, 0.2) is 0 Å². The van der Waals surface area contributed by atoms with Gasteiger partial charge in [0.2, 0.25) is 0 Å². The zero-order chi connectivity index (χ0) is 19.7. The molecule has 6 heteroatoms. The summed E-state index contributed by atoms with van der Waals surface area (Å²) >= 11 is 0. The van der Waals surface area contributed by atoms with Crippen LogP contribution in [0.4, 0.5) is 4.79 Å². The molecular formula is C22H33NO5. The molecule has 8 atom stereocenters. The zero-order valence-corrected chi connectivity index (χ0v) is 17.5. The summed E-state index contributed by atoms with van der Waals surface area (Å²) in [5, 5.41) is 0. The average molecular weight is 392 g/mol. The molecule has 0 radical (unpaired) electrons. The third-order valence-corrected chi connectivity index (χ3v) is 7.73. The van der Waals surface area contributed by atoms with Crippen molar-refractivity contribution in [1.29, 1.82) is 0 Å². The van der Waals surface area contributed by atoms with Gasteiger partial charge in [0.05, 0.1) is 18.6 Å². The van der Waals surface area contributed by atoms with Crippen molar-refractivity contribution in [3.05, 3.63) is 11.6 Å². The molecule has 1 spiro atoms. The average Bonchev–Trinajstić information content (AvgIpc) is 3.62. The maximum absolute atomic E-state index is 12.7. The van der Waals surface area contributed by atoms with Crippen LogP contribution < -0.4 is 0 Å². The van der Waals surface area contributed by atoms with E-state index in [1.165, 1.54) is 12.0 Å². The van der Waals surface area contributed by atoms with Gasteiger partial charge in [-0.25, -0.2) is 4.79 Å². The molecular weight excluding hydrogens is 358 g/mol. The Hall–Kier alpha value is -1.11. The third-order valence-electron chi connectivity index (χ3n) is 7.73. The number of methoxy groups -OCH3 is 1. The second-order valence-electron chi connectivity index (χ2n) is 9.96. The lowest BCUT2D eigenvalue weighted by atomic mass is 9.68. The predicted octanol–water partition coefficient (Wildman–Crippen LogP) is 3.15. The van der Waals surface area contributed by atoms with Crippen molar-refractivity contribution in [3.63, 3.8) is 0 Å². The Balaban J connectivity index is 1.30. The SMILES string of the molecule is COC1C(OC(=O)N2CC3C[C@@H]3C2)CCC2(CO2)C1[C@@]1(C)O[C@@H]1CC=C(C)C. The molecule has 0 aromatic carbocycles. The first-order valence-corrected chi connectivity index (χ1v) is 10.8. The number of nitrogens with zero attached hydrogens (tertiary/aromatic N) is 1. The molecule has 3 aliphatic heterocycles. The molecule has 5 aliphatic rings. The maximum Gasteiger partial charge on any atom is 0.410 e. The number of ether oxygens (including phenoxy) is 4. The second-order valence-corrected chi connectivity index (χ2v) is 9.96. The fraction of sp³-hybridized carbons (Fsp3) is 0.864. The van der Waals surface area contributed by atoms with Crippen molar-refractivity contribution in [3.8, 4) is 0 Å². The van der Waals surface area contributed by atoms with Crippen LogP contribution >= 0.6 is 0 Å². The molecule has 3 saturated heterocycles. The topological polar surface area (TPSA) is 63.8 Å². The Morgan fingerprint density at radius 2 is 2.00 bits per heavy atom. The van der Waals surface area contributed by atoms with E-state index in [1.807, 2.05) is 4.90 Å². The van der Waals surface area contributed by atoms with Crippen LogP contribution in [0.5, 0.6) is 0 Å². The largest absolute Gasteiger partial charge is 0.443 e. The number of epoxide rings is 2. The molecule has 5 rings (SSSR count). The van der Waals surface area contributed by atoms with Gasteiger partial charge in [-0.05, 0) is 58.3 Å². The minimum Gasteiger partial charge on any atom is -0.443 e. The standard InChI is InChI=1S/C22H33NO5/c1-13(2)5-6-17-21(3,28-17)19-18(25-4)16(7-8-22(19)12-26-22)27-20(24)23-10-14-9-15(14)11-23/h5,14-19H,6-12H2,1-4H3/t14-,15?,16?,17-,18?,19?,21+,22?/m1/s1. The molecule has 0 bridgehead atoms. The van der Waals surface area contributed by atoms with E-state index in [4.69, 9.17) is 18.9 Å². The lowest BCUT2D eigenvalue weighted by Crippen LogP contribution is -2.56. The molecule has 3 heterocycles. The highest BCUT2D eigenvalue weighted by Gasteiger charge is 2.72. The highest BCUT2D eigenvalue weighted by atomic mass is 16.6. The molecule has 156 valence electrons. The molecule has 1 amide bonds. The fourth-order valence-corrected chi connectivity index (χ4v) is 5.82. The van der Waals surface area contributed by atoms with Crippen LogP contribution in [0.15, 0.2) is 11.6 Å². The first kappa shape index (κ1) is 18.9. The minimum atomic E-state index is -0.288. The van der Waals surface area contributed by atoms with E-state index in [1.54, 1.807) is 7.11 Å². The summed E-state index contributed by atoms with van der Waals surface area (Å²) < 4.78 is 24.1. The number of hydrogen-bond acceptors (Lipinski definition) is 5. The number of likely N-dealkylation sites (tertiary alicyclic amines) is 1. The van der Waals surface area contributed by atoms with Crippen LogP contribution in [-0.2, 0) is 18.9 Å². The van der Waals surface area contributed by atoms with Crippen LogP contribution in [0.2, 0.25) is 0 Å². The normalized spacial score (nSPS) is 48.2. The molecule has 2 saturated carbocycles. The van der Waals surface area contributed by atoms with E-state index in [9.17, 15) is 4.79 Å². The lowest BCUT2D eigenvalue weighted by Gasteiger charge is -2.43. The Morgan fingerprint density at radius 1 is 1.29 bits per heavy atom. The molecule has 0 aromatic rings. The van der Waals surface area contributed by atoms with E-state index in [0.29, 0.717) is 11.8 Å². The minimum absolute atomic E-state index is 0.0825. The van der Waals surface area contributed by atoms with Crippen LogP contribution in [0.25, 0.3) is 0 Å². The summed E-state index contributed by atoms with van der Waals surface area (Å²) in [4.78, 5) is 14.6. The van der Waals surface area contributed by atoms with Gasteiger partial charge in [0.25, 0.3) is 0 Å². The smallest absolute Gasteiger partial charge is 0.410 e. The molecule has 2 aliphatic carbocycles. The van der Waals surface area contributed by atoms with Gasteiger partial charge < -0.3 is 23.8 Å². The third kappa shape index (κ3) is 3.08. The maximum atomic E-state index is 12.7. The van der Waals surface area contributed by atoms with E-state index in [-0.39, 0.29) is 41.5 Å². The molecule has 6 nitrogen and oxygen atoms in total. The summed E-state index contributed by atoms with van der Waals surface area (Å²) in [7, 11) is 1.72. The monoisotopic (exact) mass is 391 g/mol. The first-order valence-electron chi connectivity index (χ1n) is 10.8. The quantitative estimate of drug-likeness (QED) is 0.532. The van der Waals surface area contributed by atoms with Crippen molar-refractivity contribution < 1.29 is 23.7 Å². The summed E-state index contributed by atoms with van der Waals surface area (Å²) in [5.74, 6) is 1.50. The zero-order valence-electron chi connectivity index (χ0n) is 17.5. The number of amides is 1. The molecule has 5 unspecified atom stereocenters. The van der Waals surface area contributed by atoms with Crippen LogP contribution in [0.3, 0.4) is 0 Å². The van der Waals surface area contributed by atoms with Crippen molar-refractivity contribution in [2.45, 2.75) is 76.0 Å². The highest BCUT2D eigenvalue weighted by Crippen LogP contribution is 2.59. The molecule has 28 heavy (non-hydrogen) atoms. The number of carbonyl (C=O) groups excluding carboxylic acids is 1. The van der Waals surface area contributed by atoms with Crippen molar-refractivity contribution in [1.82, 2.24) is 4.90 Å². The number of carbonyl (C=O) groups is 1. The Kier molecular flexibility index (Phi) is 4.35. The van der Waals surface area contributed by atoms with Gasteiger partial charge in [-0.1, -0.05) is 11.6 Å². The van der Waals surface area contributed by atoms with Crippen molar-refractivity contribution in [2.24, 2.45) is 17.8 Å².